The van der Waals surface area contributed by atoms with Crippen molar-refractivity contribution >= 4 is 11.7 Å². The molecule has 2 saturated heterocycles. The number of piperidine rings is 1. The van der Waals surface area contributed by atoms with Crippen molar-refractivity contribution in [1.82, 2.24) is 24.5 Å². The topological polar surface area (TPSA) is 92.8 Å². The van der Waals surface area contributed by atoms with Crippen LogP contribution in [0, 0.1) is 5.92 Å². The number of rotatable bonds is 2. The van der Waals surface area contributed by atoms with Crippen LogP contribution >= 0.6 is 0 Å². The summed E-state index contributed by atoms with van der Waals surface area (Å²) in [6.07, 6.45) is 5.89. The second-order valence-electron chi connectivity index (χ2n) is 7.77. The summed E-state index contributed by atoms with van der Waals surface area (Å²) < 4.78 is 7.89. The normalized spacial score (nSPS) is 25.9. The van der Waals surface area contributed by atoms with E-state index < -0.39 is 0 Å². The highest BCUT2D eigenvalue weighted by Crippen LogP contribution is 2.39. The molecule has 1 amide bonds. The van der Waals surface area contributed by atoms with Gasteiger partial charge in [0.25, 0.3) is 11.7 Å². The van der Waals surface area contributed by atoms with E-state index in [4.69, 9.17) is 4.74 Å². The maximum Gasteiger partial charge on any atom is 0.293 e. The number of amides is 1. The quantitative estimate of drug-likeness (QED) is 0.869. The van der Waals surface area contributed by atoms with Crippen molar-refractivity contribution < 1.29 is 14.6 Å². The van der Waals surface area contributed by atoms with Gasteiger partial charge in [-0.25, -0.2) is 9.50 Å². The van der Waals surface area contributed by atoms with Gasteiger partial charge in [-0.3, -0.25) is 4.79 Å². The third-order valence-electron chi connectivity index (χ3n) is 5.53. The molecule has 0 unspecified atom stereocenters. The molecule has 0 saturated carbocycles. The fraction of sp³-hybridized carbons (Fsp3) is 0.667. The summed E-state index contributed by atoms with van der Waals surface area (Å²) >= 11 is 0. The van der Waals surface area contributed by atoms with Crippen LogP contribution < -0.4 is 0 Å². The van der Waals surface area contributed by atoms with E-state index in [2.05, 4.69) is 28.9 Å². The molecule has 2 aliphatic rings. The number of likely N-dealkylation sites (tertiary alicyclic amines) is 1. The van der Waals surface area contributed by atoms with Gasteiger partial charge in [0.15, 0.2) is 0 Å². The second-order valence-corrected chi connectivity index (χ2v) is 7.77. The van der Waals surface area contributed by atoms with Gasteiger partial charge in [0, 0.05) is 31.9 Å². The Morgan fingerprint density at radius 1 is 1.38 bits per heavy atom. The highest BCUT2D eigenvalue weighted by molar-refractivity contribution is 5.90. The number of carbonyl (C=O) groups excluding carboxylic acids is 1. The van der Waals surface area contributed by atoms with Gasteiger partial charge in [-0.15, -0.1) is 5.10 Å². The van der Waals surface area contributed by atoms with E-state index in [1.807, 2.05) is 0 Å². The average molecular weight is 359 g/mol. The lowest BCUT2D eigenvalue weighted by Gasteiger charge is -2.48. The zero-order valence-electron chi connectivity index (χ0n) is 15.2. The predicted octanol–water partition coefficient (Wildman–Crippen LogP) is 1.29. The predicted molar refractivity (Wildman–Crippen MR) is 93.6 cm³/mol. The molecule has 2 aliphatic heterocycles. The van der Waals surface area contributed by atoms with Crippen LogP contribution in [-0.2, 0) is 4.74 Å². The highest BCUT2D eigenvalue weighted by Gasteiger charge is 2.44. The first-order valence-corrected chi connectivity index (χ1v) is 9.28. The molecule has 8 nitrogen and oxygen atoms in total. The fourth-order valence-corrected chi connectivity index (χ4v) is 4.01. The van der Waals surface area contributed by atoms with Crippen LogP contribution in [0.1, 0.15) is 50.1 Å². The lowest BCUT2D eigenvalue weighted by molar-refractivity contribution is -0.190. The van der Waals surface area contributed by atoms with Crippen LogP contribution in [0.4, 0.5) is 0 Å². The van der Waals surface area contributed by atoms with Crippen molar-refractivity contribution in [2.45, 2.75) is 57.3 Å². The van der Waals surface area contributed by atoms with Gasteiger partial charge in [-0.05, 0) is 31.2 Å². The maximum atomic E-state index is 12.7. The lowest BCUT2D eigenvalue weighted by Crippen LogP contribution is -2.54. The van der Waals surface area contributed by atoms with Gasteiger partial charge in [0.05, 0.1) is 17.8 Å². The summed E-state index contributed by atoms with van der Waals surface area (Å²) in [5, 5.41) is 14.5. The third kappa shape index (κ3) is 3.19. The van der Waals surface area contributed by atoms with Gasteiger partial charge in [-0.1, -0.05) is 13.8 Å². The largest absolute Gasteiger partial charge is 0.393 e. The third-order valence-corrected chi connectivity index (χ3v) is 5.53. The molecule has 2 fully saturated rings. The molecular formula is C18H25N5O3. The zero-order chi connectivity index (χ0) is 18.3. The summed E-state index contributed by atoms with van der Waals surface area (Å²) in [4.78, 5) is 22.8. The summed E-state index contributed by atoms with van der Waals surface area (Å²) in [7, 11) is 0. The molecule has 0 bridgehead atoms. The summed E-state index contributed by atoms with van der Waals surface area (Å²) in [6, 6.07) is 1.75. The minimum Gasteiger partial charge on any atom is -0.393 e. The molecule has 2 atom stereocenters. The molecule has 2 aromatic rings. The van der Waals surface area contributed by atoms with Crippen LogP contribution in [0.3, 0.4) is 0 Å². The first kappa shape index (κ1) is 17.4. The second kappa shape index (κ2) is 6.59. The number of aliphatic hydroxyl groups excluding tert-OH is 1. The van der Waals surface area contributed by atoms with Crippen molar-refractivity contribution in [2.24, 2.45) is 5.92 Å². The number of fused-ring (bicyclic) bond motifs is 1. The number of ether oxygens (including phenoxy) is 1. The van der Waals surface area contributed by atoms with Crippen molar-refractivity contribution in [3.05, 3.63) is 24.3 Å². The Kier molecular flexibility index (Phi) is 4.40. The Bertz CT molecular complexity index is 764. The Labute approximate surface area is 152 Å². The Hall–Kier alpha value is -2.06. The average Bonchev–Trinajstić information content (AvgIpc) is 3.05. The molecule has 1 N–H and O–H groups in total. The van der Waals surface area contributed by atoms with Crippen LogP contribution in [0.5, 0.6) is 0 Å². The van der Waals surface area contributed by atoms with Crippen LogP contribution in [0.25, 0.3) is 5.78 Å². The van der Waals surface area contributed by atoms with E-state index in [0.717, 1.165) is 12.8 Å². The van der Waals surface area contributed by atoms with E-state index in [1.54, 1.807) is 23.4 Å². The highest BCUT2D eigenvalue weighted by atomic mass is 16.5. The Morgan fingerprint density at radius 2 is 2.15 bits per heavy atom. The molecule has 4 rings (SSSR count). The first-order chi connectivity index (χ1) is 12.5. The van der Waals surface area contributed by atoms with Gasteiger partial charge < -0.3 is 14.7 Å². The minimum absolute atomic E-state index is 0.0761. The monoisotopic (exact) mass is 359 g/mol. The molecular weight excluding hydrogens is 334 g/mol. The van der Waals surface area contributed by atoms with Crippen LogP contribution in [-0.4, -0.2) is 66.4 Å². The van der Waals surface area contributed by atoms with Crippen molar-refractivity contribution in [2.75, 3.05) is 13.1 Å². The SMILES string of the molecule is CC(C)[C@H]1C[C@@H](O)CC2(CCN(C(=O)c3nc4ncccn4n3)CC2)O1. The smallest absolute Gasteiger partial charge is 0.293 e. The van der Waals surface area contributed by atoms with Gasteiger partial charge >= 0.3 is 0 Å². The molecule has 0 aromatic carbocycles. The Morgan fingerprint density at radius 3 is 2.85 bits per heavy atom. The fourth-order valence-electron chi connectivity index (χ4n) is 4.01. The van der Waals surface area contributed by atoms with Crippen molar-refractivity contribution in [1.29, 1.82) is 0 Å². The lowest BCUT2D eigenvalue weighted by atomic mass is 9.80. The maximum absolute atomic E-state index is 12.7. The number of aromatic nitrogens is 4. The molecule has 8 heteroatoms. The van der Waals surface area contributed by atoms with Crippen molar-refractivity contribution in [3.63, 3.8) is 0 Å². The minimum atomic E-state index is -0.329. The molecule has 4 heterocycles. The van der Waals surface area contributed by atoms with E-state index in [9.17, 15) is 9.90 Å². The molecule has 0 aliphatic carbocycles. The van der Waals surface area contributed by atoms with E-state index in [1.165, 1.54) is 4.52 Å². The molecule has 1 spiro atoms. The van der Waals surface area contributed by atoms with Gasteiger partial charge in [-0.2, -0.15) is 4.98 Å². The number of nitrogens with zero attached hydrogens (tertiary/aromatic N) is 5. The number of hydrogen-bond acceptors (Lipinski definition) is 6. The van der Waals surface area contributed by atoms with Crippen LogP contribution in [0.2, 0.25) is 0 Å². The molecule has 26 heavy (non-hydrogen) atoms. The molecule has 2 aromatic heterocycles. The number of aliphatic hydroxyl groups is 1. The number of hydrogen-bond donors (Lipinski definition) is 1. The zero-order valence-corrected chi connectivity index (χ0v) is 15.2. The van der Waals surface area contributed by atoms with Gasteiger partial charge in [0.1, 0.15) is 0 Å². The van der Waals surface area contributed by atoms with Crippen molar-refractivity contribution in [3.8, 4) is 0 Å². The van der Waals surface area contributed by atoms with Gasteiger partial charge in [0.2, 0.25) is 5.82 Å². The number of carbonyl (C=O) groups is 1. The van der Waals surface area contributed by atoms with E-state index in [0.29, 0.717) is 37.6 Å². The van der Waals surface area contributed by atoms with Crippen LogP contribution in [0.15, 0.2) is 18.5 Å². The first-order valence-electron chi connectivity index (χ1n) is 9.28. The standard InChI is InChI=1S/C18H25N5O3/c1-12(2)14-10-13(24)11-18(26-14)4-8-22(9-5-18)16(25)15-20-17-19-6-3-7-23(17)21-15/h3,6-7,12-14,24H,4-5,8-11H2,1-2H3/t13-,14-/m1/s1. The molecule has 0 radical (unpaired) electrons. The summed E-state index contributed by atoms with van der Waals surface area (Å²) in [5.41, 5.74) is -0.322. The van der Waals surface area contributed by atoms with E-state index >= 15 is 0 Å². The van der Waals surface area contributed by atoms with E-state index in [-0.39, 0.29) is 29.5 Å². The Balaban J connectivity index is 1.45. The summed E-state index contributed by atoms with van der Waals surface area (Å²) in [5.74, 6) is 0.783. The molecule has 140 valence electrons. The summed E-state index contributed by atoms with van der Waals surface area (Å²) in [6.45, 7) is 5.41.